The minimum absolute atomic E-state index is 0.0909. The Bertz CT molecular complexity index is 845. The number of likely N-dealkylation sites (tertiary alicyclic amines) is 1. The van der Waals surface area contributed by atoms with Crippen molar-refractivity contribution >= 4 is 11.9 Å². The number of aromatic nitrogens is 2. The Morgan fingerprint density at radius 2 is 2.12 bits per heavy atom. The molecule has 1 fully saturated rings. The zero-order valence-corrected chi connectivity index (χ0v) is 15.2. The molecule has 0 saturated carbocycles. The highest BCUT2D eigenvalue weighted by Gasteiger charge is 2.46. The number of hydrogen-bond donors (Lipinski definition) is 1. The molecule has 3 rings (SSSR count). The average molecular weight is 357 g/mol. The normalized spacial score (nSPS) is 19.7. The van der Waals surface area contributed by atoms with Gasteiger partial charge in [0, 0.05) is 20.2 Å². The Kier molecular flexibility index (Phi) is 4.82. The third-order valence-corrected chi connectivity index (χ3v) is 5.00. The molecule has 1 amide bonds. The monoisotopic (exact) mass is 357 g/mol. The van der Waals surface area contributed by atoms with E-state index in [4.69, 9.17) is 4.74 Å². The highest BCUT2D eigenvalue weighted by Crippen LogP contribution is 2.32. The number of aliphatic carboxylic acids is 1. The zero-order valence-electron chi connectivity index (χ0n) is 15.2. The van der Waals surface area contributed by atoms with Crippen molar-refractivity contribution in [1.29, 1.82) is 0 Å². The van der Waals surface area contributed by atoms with Crippen LogP contribution in [0.3, 0.4) is 0 Å². The van der Waals surface area contributed by atoms with Gasteiger partial charge < -0.3 is 14.7 Å². The zero-order chi connectivity index (χ0) is 18.9. The van der Waals surface area contributed by atoms with Gasteiger partial charge in [-0.3, -0.25) is 9.59 Å². The van der Waals surface area contributed by atoms with E-state index >= 15 is 0 Å². The molecule has 7 nitrogen and oxygen atoms in total. The van der Waals surface area contributed by atoms with Crippen LogP contribution < -0.4 is 0 Å². The molecule has 0 radical (unpaired) electrons. The van der Waals surface area contributed by atoms with E-state index in [9.17, 15) is 14.7 Å². The molecule has 138 valence electrons. The predicted molar refractivity (Wildman–Crippen MR) is 95.5 cm³/mol. The lowest BCUT2D eigenvalue weighted by Crippen LogP contribution is -2.40. The predicted octanol–water partition coefficient (Wildman–Crippen LogP) is 2.05. The van der Waals surface area contributed by atoms with Gasteiger partial charge in [-0.1, -0.05) is 12.1 Å². The first-order valence-electron chi connectivity index (χ1n) is 8.51. The van der Waals surface area contributed by atoms with Gasteiger partial charge >= 0.3 is 5.97 Å². The molecule has 1 saturated heterocycles. The molecule has 1 aliphatic rings. The lowest BCUT2D eigenvalue weighted by Gasteiger charge is -2.23. The number of hydrogen-bond acceptors (Lipinski definition) is 4. The number of ether oxygens (including phenoxy) is 1. The minimum Gasteiger partial charge on any atom is -0.481 e. The van der Waals surface area contributed by atoms with Crippen LogP contribution in [0, 0.1) is 19.3 Å². The van der Waals surface area contributed by atoms with E-state index in [-0.39, 0.29) is 19.1 Å². The molecular weight excluding hydrogens is 334 g/mol. The lowest BCUT2D eigenvalue weighted by molar-refractivity contribution is -0.151. The van der Waals surface area contributed by atoms with E-state index < -0.39 is 11.4 Å². The maximum absolute atomic E-state index is 12.9. The fourth-order valence-corrected chi connectivity index (χ4v) is 3.49. The maximum atomic E-state index is 12.9. The van der Waals surface area contributed by atoms with Crippen LogP contribution >= 0.6 is 0 Å². The number of carboxylic acid groups (broad SMARTS) is 1. The summed E-state index contributed by atoms with van der Waals surface area (Å²) in [4.78, 5) is 26.2. The molecule has 26 heavy (non-hydrogen) atoms. The van der Waals surface area contributed by atoms with Crippen molar-refractivity contribution in [1.82, 2.24) is 14.7 Å². The molecule has 0 spiro atoms. The van der Waals surface area contributed by atoms with Gasteiger partial charge in [-0.25, -0.2) is 4.68 Å². The Hall–Kier alpha value is -2.67. The summed E-state index contributed by atoms with van der Waals surface area (Å²) in [7, 11) is 1.48. The first-order valence-corrected chi connectivity index (χ1v) is 8.51. The second kappa shape index (κ2) is 6.92. The van der Waals surface area contributed by atoms with E-state index in [2.05, 4.69) is 5.10 Å². The summed E-state index contributed by atoms with van der Waals surface area (Å²) in [6, 6.07) is 7.88. The molecule has 1 N–H and O–H groups in total. The molecule has 2 heterocycles. The third kappa shape index (κ3) is 3.10. The highest BCUT2D eigenvalue weighted by atomic mass is 16.5. The van der Waals surface area contributed by atoms with Crippen molar-refractivity contribution in [2.75, 3.05) is 26.8 Å². The molecule has 0 aliphatic carbocycles. The number of methoxy groups -OCH3 is 1. The summed E-state index contributed by atoms with van der Waals surface area (Å²) < 4.78 is 6.82. The Morgan fingerprint density at radius 3 is 2.77 bits per heavy atom. The number of aryl methyl sites for hydroxylation is 1. The van der Waals surface area contributed by atoms with Crippen molar-refractivity contribution in [3.8, 4) is 5.69 Å². The number of rotatable bonds is 5. The summed E-state index contributed by atoms with van der Waals surface area (Å²) in [6.07, 6.45) is 1.93. The van der Waals surface area contributed by atoms with Crippen LogP contribution in [0.4, 0.5) is 0 Å². The second-order valence-electron chi connectivity index (χ2n) is 6.89. The molecule has 1 aromatic carbocycles. The van der Waals surface area contributed by atoms with Gasteiger partial charge in [-0.05, 0) is 38.0 Å². The first kappa shape index (κ1) is 18.1. The SMILES string of the molecule is COCC1(C(=O)O)CCN(C(=O)c2cnn(-c3cccc(C)c3)c2C)C1. The average Bonchev–Trinajstić information content (AvgIpc) is 3.20. The molecule has 1 aromatic heterocycles. The Labute approximate surface area is 152 Å². The van der Waals surface area contributed by atoms with Crippen molar-refractivity contribution in [3.63, 3.8) is 0 Å². The number of benzene rings is 1. The molecule has 1 aliphatic heterocycles. The number of carboxylic acids is 1. The number of carbonyl (C=O) groups is 2. The first-order chi connectivity index (χ1) is 12.4. The van der Waals surface area contributed by atoms with Gasteiger partial charge in [0.05, 0.1) is 29.7 Å². The van der Waals surface area contributed by atoms with Gasteiger partial charge in [0.15, 0.2) is 0 Å². The largest absolute Gasteiger partial charge is 0.481 e. The maximum Gasteiger partial charge on any atom is 0.313 e. The van der Waals surface area contributed by atoms with E-state index in [1.165, 1.54) is 7.11 Å². The number of carbonyl (C=O) groups excluding carboxylic acids is 1. The Morgan fingerprint density at radius 1 is 1.35 bits per heavy atom. The number of nitrogens with zero attached hydrogens (tertiary/aromatic N) is 3. The fourth-order valence-electron chi connectivity index (χ4n) is 3.49. The van der Waals surface area contributed by atoms with Gasteiger partial charge in [-0.15, -0.1) is 0 Å². The van der Waals surface area contributed by atoms with Crippen LogP contribution in [0.25, 0.3) is 5.69 Å². The molecule has 2 aromatic rings. The van der Waals surface area contributed by atoms with Gasteiger partial charge in [0.25, 0.3) is 5.91 Å². The van der Waals surface area contributed by atoms with E-state index in [0.717, 1.165) is 16.9 Å². The van der Waals surface area contributed by atoms with Gasteiger partial charge in [0.2, 0.25) is 0 Å². The smallest absolute Gasteiger partial charge is 0.313 e. The molecule has 7 heteroatoms. The second-order valence-corrected chi connectivity index (χ2v) is 6.89. The topological polar surface area (TPSA) is 84.7 Å². The standard InChI is InChI=1S/C19H23N3O4/c1-13-5-4-6-15(9-13)22-14(2)16(10-20-22)17(23)21-8-7-19(11-21,12-26-3)18(24)25/h4-6,9-10H,7-8,11-12H2,1-3H3,(H,24,25). The summed E-state index contributed by atoms with van der Waals surface area (Å²) in [5.41, 5.74) is 2.19. The van der Waals surface area contributed by atoms with E-state index in [0.29, 0.717) is 18.5 Å². The van der Waals surface area contributed by atoms with Crippen molar-refractivity contribution in [3.05, 3.63) is 47.3 Å². The van der Waals surface area contributed by atoms with Gasteiger partial charge in [0.1, 0.15) is 5.41 Å². The highest BCUT2D eigenvalue weighted by molar-refractivity contribution is 5.96. The summed E-state index contributed by atoms with van der Waals surface area (Å²) in [5, 5.41) is 13.9. The molecule has 0 bridgehead atoms. The van der Waals surface area contributed by atoms with Crippen LogP contribution in [-0.2, 0) is 9.53 Å². The summed E-state index contributed by atoms with van der Waals surface area (Å²) in [6.45, 7) is 4.47. The lowest BCUT2D eigenvalue weighted by atomic mass is 9.88. The van der Waals surface area contributed by atoms with E-state index in [1.54, 1.807) is 15.8 Å². The van der Waals surface area contributed by atoms with Crippen LogP contribution in [0.15, 0.2) is 30.5 Å². The van der Waals surface area contributed by atoms with Gasteiger partial charge in [-0.2, -0.15) is 5.10 Å². The third-order valence-electron chi connectivity index (χ3n) is 5.00. The quantitative estimate of drug-likeness (QED) is 0.885. The van der Waals surface area contributed by atoms with Crippen LogP contribution in [-0.4, -0.2) is 58.5 Å². The van der Waals surface area contributed by atoms with Crippen LogP contribution in [0.2, 0.25) is 0 Å². The van der Waals surface area contributed by atoms with Crippen LogP contribution in [0.5, 0.6) is 0 Å². The number of amides is 1. The van der Waals surface area contributed by atoms with E-state index in [1.807, 2.05) is 38.1 Å². The molecule has 1 unspecified atom stereocenters. The summed E-state index contributed by atoms with van der Waals surface area (Å²) in [5.74, 6) is -1.12. The Balaban J connectivity index is 1.85. The molecule has 1 atom stereocenters. The molecular formula is C19H23N3O4. The van der Waals surface area contributed by atoms with Crippen molar-refractivity contribution < 1.29 is 19.4 Å². The summed E-state index contributed by atoms with van der Waals surface area (Å²) >= 11 is 0. The van der Waals surface area contributed by atoms with Crippen molar-refractivity contribution in [2.24, 2.45) is 5.41 Å². The van der Waals surface area contributed by atoms with Crippen LogP contribution in [0.1, 0.15) is 28.0 Å². The fraction of sp³-hybridized carbons (Fsp3) is 0.421. The van der Waals surface area contributed by atoms with Crippen molar-refractivity contribution in [2.45, 2.75) is 20.3 Å². The minimum atomic E-state index is -1.04.